The second-order valence-electron chi connectivity index (χ2n) is 11.6. The van der Waals surface area contributed by atoms with Crippen molar-refractivity contribution in [2.24, 2.45) is 0 Å². The van der Waals surface area contributed by atoms with E-state index in [1.807, 2.05) is 92.7 Å². The Balaban J connectivity index is 1.53. The van der Waals surface area contributed by atoms with E-state index in [2.05, 4.69) is 20.8 Å². The molecule has 5 aromatic carbocycles. The Kier molecular flexibility index (Phi) is 10.7. The molecular weight excluding hydrogens is 846 g/mol. The van der Waals surface area contributed by atoms with E-state index < -0.39 is 60.7 Å². The number of hydrogen-bond acceptors (Lipinski definition) is 6. The van der Waals surface area contributed by atoms with Gasteiger partial charge in [0.1, 0.15) is 0 Å². The Morgan fingerprint density at radius 3 is 1.13 bits per heavy atom. The van der Waals surface area contributed by atoms with Gasteiger partial charge in [-0.15, -0.1) is 0 Å². The molecule has 5 aromatic rings. The van der Waals surface area contributed by atoms with Crippen molar-refractivity contribution in [3.63, 3.8) is 0 Å². The van der Waals surface area contributed by atoms with Crippen molar-refractivity contribution in [2.45, 2.75) is 49.8 Å². The summed E-state index contributed by atoms with van der Waals surface area (Å²) >= 11 is -5.99. The van der Waals surface area contributed by atoms with Gasteiger partial charge in [-0.3, -0.25) is 0 Å². The van der Waals surface area contributed by atoms with Gasteiger partial charge in [0.15, 0.2) is 0 Å². The first-order valence-electron chi connectivity index (χ1n) is 14.4. The van der Waals surface area contributed by atoms with E-state index in [1.165, 1.54) is 0 Å². The Hall–Kier alpha value is -2.62. The molecule has 6 nitrogen and oxygen atoms in total. The minimum atomic E-state index is -4.06. The third-order valence-corrected chi connectivity index (χ3v) is 21.6. The molecule has 10 heteroatoms. The molecule has 0 aliphatic heterocycles. The number of aryl methyl sites for hydroxylation is 2. The van der Waals surface area contributed by atoms with E-state index in [9.17, 15) is 16.8 Å². The van der Waals surface area contributed by atoms with E-state index >= 15 is 0 Å². The SMILES string of the molecule is Cc1ccc(S(=O)(=O)OI(c2ccccc2)c2ccc(I(OS(=O)(=O)c3ccc(C)cc3)c3ccc(C(C)(C)C)cc3)cc2)cc1. The maximum atomic E-state index is 13.5. The van der Waals surface area contributed by atoms with E-state index in [1.54, 1.807) is 48.5 Å². The number of benzene rings is 5. The molecular formula is C36H36I2O6S2. The van der Waals surface area contributed by atoms with Crippen LogP contribution in [0.1, 0.15) is 37.5 Å². The van der Waals surface area contributed by atoms with Crippen LogP contribution in [-0.2, 0) is 30.7 Å². The number of halogens is 2. The average Bonchev–Trinajstić information content (AvgIpc) is 3.03. The summed E-state index contributed by atoms with van der Waals surface area (Å²) in [7, 11) is -8.10. The standard InChI is InChI=1S/C36H36I2O6S2/c1-27-11-23-34(24-12-27)45(39,40)43-37(30-9-7-6-8-10-30)32-19-21-33(22-20-32)38(31-17-15-29(16-18-31)36(3,4)5)44-46(41,42)35-25-13-28(2)14-26-35/h6-26H,1-5H3. The number of rotatable bonds is 10. The molecule has 0 aliphatic rings. The molecule has 0 aromatic heterocycles. The molecule has 0 bridgehead atoms. The molecule has 0 saturated heterocycles. The van der Waals surface area contributed by atoms with Crippen LogP contribution in [0, 0.1) is 28.1 Å². The Morgan fingerprint density at radius 2 is 0.783 bits per heavy atom. The van der Waals surface area contributed by atoms with Crippen molar-refractivity contribution in [3.8, 4) is 0 Å². The molecule has 46 heavy (non-hydrogen) atoms. The van der Waals surface area contributed by atoms with Gasteiger partial charge >= 0.3 is 291 Å². The maximum absolute atomic E-state index is 13.5. The summed E-state index contributed by atoms with van der Waals surface area (Å²) in [6, 6.07) is 38.0. The summed E-state index contributed by atoms with van der Waals surface area (Å²) in [5.74, 6) is 0. The third kappa shape index (κ3) is 8.45. The Morgan fingerprint density at radius 1 is 0.457 bits per heavy atom. The van der Waals surface area contributed by atoms with Gasteiger partial charge in [-0.05, 0) is 0 Å². The van der Waals surface area contributed by atoms with Crippen molar-refractivity contribution in [3.05, 3.63) is 158 Å². The molecule has 0 radical (unpaired) electrons. The molecule has 0 heterocycles. The van der Waals surface area contributed by atoms with E-state index in [4.69, 9.17) is 5.03 Å². The second-order valence-corrected chi connectivity index (χ2v) is 24.6. The van der Waals surface area contributed by atoms with E-state index in [0.29, 0.717) is 0 Å². The first kappa shape index (κ1) is 34.7. The molecule has 0 saturated carbocycles. The first-order chi connectivity index (χ1) is 21.7. The quantitative estimate of drug-likeness (QED) is 0.130. The van der Waals surface area contributed by atoms with Crippen molar-refractivity contribution < 1.29 is 21.9 Å². The Bertz CT molecular complexity index is 1990. The predicted octanol–water partition coefficient (Wildman–Crippen LogP) is 9.33. The zero-order valence-electron chi connectivity index (χ0n) is 26.1. The molecule has 242 valence electrons. The van der Waals surface area contributed by atoms with Gasteiger partial charge in [0.05, 0.1) is 0 Å². The molecule has 5 rings (SSSR count). The molecule has 0 atom stereocenters. The van der Waals surface area contributed by atoms with Gasteiger partial charge in [0, 0.05) is 0 Å². The van der Waals surface area contributed by atoms with Crippen molar-refractivity contribution in [1.82, 2.24) is 0 Å². The van der Waals surface area contributed by atoms with E-state index in [0.717, 1.165) is 31.0 Å². The fourth-order valence-electron chi connectivity index (χ4n) is 4.30. The second kappa shape index (κ2) is 14.2. The van der Waals surface area contributed by atoms with Crippen molar-refractivity contribution in [1.29, 1.82) is 0 Å². The summed E-state index contributed by atoms with van der Waals surface area (Å²) in [5.41, 5.74) is 2.97. The van der Waals surface area contributed by atoms with Crippen LogP contribution in [0.5, 0.6) is 0 Å². The first-order valence-corrected chi connectivity index (χ1v) is 23.3. The van der Waals surface area contributed by atoms with Crippen LogP contribution in [-0.4, -0.2) is 16.8 Å². The zero-order valence-corrected chi connectivity index (χ0v) is 32.1. The molecule has 0 N–H and O–H groups in total. The van der Waals surface area contributed by atoms with Crippen molar-refractivity contribution in [2.75, 3.05) is 0 Å². The van der Waals surface area contributed by atoms with Crippen LogP contribution in [0.4, 0.5) is 0 Å². The van der Waals surface area contributed by atoms with Gasteiger partial charge in [-0.25, -0.2) is 0 Å². The monoisotopic (exact) mass is 882 g/mol. The molecule has 0 unspecified atom stereocenters. The summed E-state index contributed by atoms with van der Waals surface area (Å²) in [6.07, 6.45) is 0. The van der Waals surface area contributed by atoms with Gasteiger partial charge in [-0.1, -0.05) is 0 Å². The fourth-order valence-corrected chi connectivity index (χ4v) is 18.1. The van der Waals surface area contributed by atoms with E-state index in [-0.39, 0.29) is 15.2 Å². The topological polar surface area (TPSA) is 86.7 Å². The minimum absolute atomic E-state index is 0.0648. The number of hydrogen-bond donors (Lipinski definition) is 0. The van der Waals surface area contributed by atoms with Crippen LogP contribution in [0.15, 0.2) is 137 Å². The summed E-state index contributed by atoms with van der Waals surface area (Å²) in [6.45, 7) is 10.2. The molecule has 0 spiro atoms. The third-order valence-electron chi connectivity index (χ3n) is 6.95. The van der Waals surface area contributed by atoms with Crippen LogP contribution in [0.3, 0.4) is 0 Å². The van der Waals surface area contributed by atoms with Gasteiger partial charge < -0.3 is 0 Å². The summed E-state index contributed by atoms with van der Waals surface area (Å²) < 4.78 is 69.2. The summed E-state index contributed by atoms with van der Waals surface area (Å²) in [5, 5.41) is 0. The Labute approximate surface area is 288 Å². The fraction of sp³-hybridized carbons (Fsp3) is 0.167. The molecule has 0 aliphatic carbocycles. The molecule has 0 amide bonds. The van der Waals surface area contributed by atoms with Crippen LogP contribution in [0.25, 0.3) is 0 Å². The average molecular weight is 883 g/mol. The van der Waals surface area contributed by atoms with Crippen LogP contribution >= 0.6 is 40.5 Å². The van der Waals surface area contributed by atoms with Gasteiger partial charge in [-0.2, -0.15) is 0 Å². The predicted molar refractivity (Wildman–Crippen MR) is 200 cm³/mol. The van der Waals surface area contributed by atoms with Crippen LogP contribution < -0.4 is 0 Å². The van der Waals surface area contributed by atoms with Crippen molar-refractivity contribution >= 4 is 60.7 Å². The van der Waals surface area contributed by atoms with Gasteiger partial charge in [0.25, 0.3) is 0 Å². The summed E-state index contributed by atoms with van der Waals surface area (Å²) in [4.78, 5) is 0.213. The zero-order chi connectivity index (χ0) is 33.1. The normalized spacial score (nSPS) is 12.9. The van der Waals surface area contributed by atoms with Crippen LogP contribution in [0.2, 0.25) is 0 Å². The molecule has 0 fully saturated rings. The van der Waals surface area contributed by atoms with Gasteiger partial charge in [0.2, 0.25) is 0 Å².